The number of anilines is 1. The number of phenols is 1. The minimum atomic E-state index is -0.978. The van der Waals surface area contributed by atoms with Gasteiger partial charge in [-0.25, -0.2) is 14.4 Å². The molecule has 9 nitrogen and oxygen atoms in total. The van der Waals surface area contributed by atoms with Gasteiger partial charge in [0.2, 0.25) is 0 Å². The summed E-state index contributed by atoms with van der Waals surface area (Å²) >= 11 is 0. The zero-order valence-electron chi connectivity index (χ0n) is 16.7. The van der Waals surface area contributed by atoms with E-state index in [-0.39, 0.29) is 29.2 Å². The zero-order chi connectivity index (χ0) is 21.0. The van der Waals surface area contributed by atoms with Crippen molar-refractivity contribution >= 4 is 16.7 Å². The van der Waals surface area contributed by atoms with Gasteiger partial charge in [0, 0.05) is 26.2 Å². The Morgan fingerprint density at radius 2 is 2.10 bits per heavy atom. The highest BCUT2D eigenvalue weighted by atomic mass is 19.1. The van der Waals surface area contributed by atoms with Crippen LogP contribution in [-0.4, -0.2) is 61.2 Å². The van der Waals surface area contributed by atoms with Gasteiger partial charge in [-0.05, 0) is 31.4 Å². The van der Waals surface area contributed by atoms with Crippen LogP contribution in [0.4, 0.5) is 10.2 Å². The Hall–Kier alpha value is -3.14. The molecule has 2 fully saturated rings. The number of aromatic nitrogens is 5. The molecule has 10 heteroatoms. The van der Waals surface area contributed by atoms with Crippen molar-refractivity contribution < 1.29 is 9.50 Å². The van der Waals surface area contributed by atoms with Crippen molar-refractivity contribution in [3.05, 3.63) is 35.0 Å². The summed E-state index contributed by atoms with van der Waals surface area (Å²) in [6.07, 6.45) is 4.54. The number of nitrogens with one attached hydrogen (secondary N) is 1. The molecule has 3 aromatic rings. The molecule has 4 atom stereocenters. The van der Waals surface area contributed by atoms with Crippen molar-refractivity contribution in [3.8, 4) is 17.1 Å². The second-order valence-electron chi connectivity index (χ2n) is 8.09. The van der Waals surface area contributed by atoms with Gasteiger partial charge in [0.05, 0.1) is 35.0 Å². The van der Waals surface area contributed by atoms with E-state index in [1.54, 1.807) is 25.1 Å². The third kappa shape index (κ3) is 2.98. The maximum absolute atomic E-state index is 14.8. The molecule has 5 rings (SSSR count). The lowest BCUT2D eigenvalue weighted by Gasteiger charge is -2.38. The Morgan fingerprint density at radius 1 is 1.27 bits per heavy atom. The monoisotopic (exact) mass is 411 g/mol. The molecule has 1 aromatic carbocycles. The number of aromatic hydroxyl groups is 1. The largest absolute Gasteiger partial charge is 0.507 e. The number of halogens is 1. The van der Waals surface area contributed by atoms with Crippen molar-refractivity contribution in [2.45, 2.75) is 43.6 Å². The molecular weight excluding hydrogens is 389 g/mol. The van der Waals surface area contributed by atoms with Gasteiger partial charge in [-0.2, -0.15) is 0 Å². The summed E-state index contributed by atoms with van der Waals surface area (Å²) in [5.74, 6) is 0.547. The van der Waals surface area contributed by atoms with Crippen LogP contribution in [0.3, 0.4) is 0 Å². The van der Waals surface area contributed by atoms with E-state index in [4.69, 9.17) is 0 Å². The first-order chi connectivity index (χ1) is 14.4. The summed E-state index contributed by atoms with van der Waals surface area (Å²) in [6.45, 7) is 0. The number of fused-ring (bicyclic) bond motifs is 3. The first kappa shape index (κ1) is 18.9. The standard InChI is InChI=1S/C20H22FN7O2/c1-27-9-23-14-6-12(16(29)7-11(14)20(27)30)19-22-8-17(25-26-19)28(2)15-5-10-3-4-13(24-10)18(15)21/h6-10,13,15,18,24,29H,3-5H2,1-2H3/t10?,13-,15+,18-/m0/s1. The molecule has 1 unspecified atom stereocenters. The van der Waals surface area contributed by atoms with Crippen molar-refractivity contribution in [2.24, 2.45) is 7.05 Å². The van der Waals surface area contributed by atoms with Gasteiger partial charge in [0.25, 0.3) is 5.56 Å². The van der Waals surface area contributed by atoms with Gasteiger partial charge >= 0.3 is 0 Å². The average Bonchev–Trinajstić information content (AvgIpc) is 3.17. The van der Waals surface area contributed by atoms with E-state index >= 15 is 0 Å². The van der Waals surface area contributed by atoms with Crippen molar-refractivity contribution in [3.63, 3.8) is 0 Å². The number of hydrogen-bond acceptors (Lipinski definition) is 8. The number of hydrogen-bond donors (Lipinski definition) is 2. The van der Waals surface area contributed by atoms with Crippen LogP contribution in [0.1, 0.15) is 19.3 Å². The number of piperidine rings is 1. The van der Waals surface area contributed by atoms with E-state index in [0.29, 0.717) is 34.7 Å². The molecule has 2 bridgehead atoms. The fourth-order valence-corrected chi connectivity index (χ4v) is 4.50. The smallest absolute Gasteiger partial charge is 0.261 e. The lowest BCUT2D eigenvalue weighted by molar-refractivity contribution is 0.176. The maximum Gasteiger partial charge on any atom is 0.261 e. The van der Waals surface area contributed by atoms with E-state index in [1.807, 2.05) is 0 Å². The second-order valence-corrected chi connectivity index (χ2v) is 8.09. The number of nitrogens with zero attached hydrogens (tertiary/aromatic N) is 6. The maximum atomic E-state index is 14.8. The Balaban J connectivity index is 1.44. The average molecular weight is 411 g/mol. The van der Waals surface area contributed by atoms with Crippen LogP contribution >= 0.6 is 0 Å². The normalized spacial score (nSPS) is 25.6. The topological polar surface area (TPSA) is 109 Å². The predicted octanol–water partition coefficient (Wildman–Crippen LogP) is 1.16. The molecule has 0 saturated carbocycles. The van der Waals surface area contributed by atoms with Crippen LogP contribution < -0.4 is 15.8 Å². The summed E-state index contributed by atoms with van der Waals surface area (Å²) in [6, 6.07) is 2.88. The third-order valence-corrected chi connectivity index (χ3v) is 6.24. The summed E-state index contributed by atoms with van der Waals surface area (Å²) in [5.41, 5.74) is 0.504. The van der Waals surface area contributed by atoms with Crippen LogP contribution in [0.5, 0.6) is 5.75 Å². The third-order valence-electron chi connectivity index (χ3n) is 6.24. The number of benzene rings is 1. The summed E-state index contributed by atoms with van der Waals surface area (Å²) in [5, 5.41) is 22.4. The fourth-order valence-electron chi connectivity index (χ4n) is 4.50. The van der Waals surface area contributed by atoms with Gasteiger partial charge in [0.1, 0.15) is 11.9 Å². The van der Waals surface area contributed by atoms with Gasteiger partial charge in [0.15, 0.2) is 11.6 Å². The van der Waals surface area contributed by atoms with Gasteiger partial charge in [-0.3, -0.25) is 4.79 Å². The molecule has 30 heavy (non-hydrogen) atoms. The SMILES string of the molecule is CN(c1cnc(-c2cc3ncn(C)c(=O)c3cc2O)nn1)[C@@H]1CC2CC[C@H](N2)[C@@H]1F. The molecule has 2 saturated heterocycles. The molecule has 2 aliphatic rings. The van der Waals surface area contributed by atoms with Crippen LogP contribution in [0, 0.1) is 0 Å². The Bertz CT molecular complexity index is 1170. The second kappa shape index (κ2) is 6.98. The minimum absolute atomic E-state index is 0.105. The predicted molar refractivity (Wildman–Crippen MR) is 109 cm³/mol. The van der Waals surface area contributed by atoms with E-state index in [9.17, 15) is 14.3 Å². The quantitative estimate of drug-likeness (QED) is 0.661. The van der Waals surface area contributed by atoms with E-state index in [1.165, 1.54) is 23.2 Å². The van der Waals surface area contributed by atoms with Crippen LogP contribution in [0.25, 0.3) is 22.3 Å². The number of rotatable bonds is 3. The minimum Gasteiger partial charge on any atom is -0.507 e. The fraction of sp³-hybridized carbons (Fsp3) is 0.450. The van der Waals surface area contributed by atoms with Crippen molar-refractivity contribution in [2.75, 3.05) is 11.9 Å². The van der Waals surface area contributed by atoms with Gasteiger partial charge < -0.3 is 19.9 Å². The van der Waals surface area contributed by atoms with Gasteiger partial charge in [-0.15, -0.1) is 10.2 Å². The summed E-state index contributed by atoms with van der Waals surface area (Å²) in [7, 11) is 3.40. The summed E-state index contributed by atoms with van der Waals surface area (Å²) in [4.78, 5) is 22.6. The highest BCUT2D eigenvalue weighted by Crippen LogP contribution is 2.33. The lowest BCUT2D eigenvalue weighted by Crippen LogP contribution is -2.55. The molecule has 0 amide bonds. The Labute approximate surface area is 171 Å². The van der Waals surface area contributed by atoms with Crippen molar-refractivity contribution in [1.29, 1.82) is 0 Å². The van der Waals surface area contributed by atoms with E-state index in [2.05, 4.69) is 25.5 Å². The Morgan fingerprint density at radius 3 is 2.87 bits per heavy atom. The van der Waals surface area contributed by atoms with E-state index < -0.39 is 6.17 Å². The molecular formula is C20H22FN7O2. The first-order valence-corrected chi connectivity index (χ1v) is 9.94. The highest BCUT2D eigenvalue weighted by molar-refractivity contribution is 5.85. The van der Waals surface area contributed by atoms with Crippen LogP contribution in [-0.2, 0) is 7.05 Å². The number of alkyl halides is 1. The molecule has 156 valence electrons. The first-order valence-electron chi connectivity index (χ1n) is 9.94. The lowest BCUT2D eigenvalue weighted by atomic mass is 9.96. The molecule has 0 aliphatic carbocycles. The molecule has 4 heterocycles. The van der Waals surface area contributed by atoms with Crippen LogP contribution in [0.2, 0.25) is 0 Å². The molecule has 2 aliphatic heterocycles. The zero-order valence-corrected chi connectivity index (χ0v) is 16.7. The highest BCUT2D eigenvalue weighted by Gasteiger charge is 2.43. The molecule has 2 aromatic heterocycles. The number of aryl methyl sites for hydroxylation is 1. The molecule has 0 radical (unpaired) electrons. The Kier molecular flexibility index (Phi) is 4.39. The summed E-state index contributed by atoms with van der Waals surface area (Å²) < 4.78 is 16.2. The number of phenolic OH excluding ortho intramolecular Hbond substituents is 1. The van der Waals surface area contributed by atoms with Crippen molar-refractivity contribution in [1.82, 2.24) is 30.0 Å². The molecule has 2 N–H and O–H groups in total. The van der Waals surface area contributed by atoms with Crippen LogP contribution in [0.15, 0.2) is 29.5 Å². The van der Waals surface area contributed by atoms with E-state index in [0.717, 1.165) is 12.8 Å². The molecule has 0 spiro atoms. The van der Waals surface area contributed by atoms with Gasteiger partial charge in [-0.1, -0.05) is 0 Å².